The predicted molar refractivity (Wildman–Crippen MR) is 149 cm³/mol. The van der Waals surface area contributed by atoms with E-state index in [-0.39, 0.29) is 35.1 Å². The molecule has 1 aliphatic carbocycles. The fourth-order valence-corrected chi connectivity index (χ4v) is 4.44. The van der Waals surface area contributed by atoms with Crippen molar-refractivity contribution >= 4 is 29.1 Å². The first kappa shape index (κ1) is 32.1. The normalized spacial score (nSPS) is 16.6. The molecule has 0 bridgehead atoms. The van der Waals surface area contributed by atoms with E-state index in [2.05, 4.69) is 10.6 Å². The minimum absolute atomic E-state index is 0.0135. The summed E-state index contributed by atoms with van der Waals surface area (Å²) in [7, 11) is 0. The molecule has 0 unspecified atom stereocenters. The zero-order chi connectivity index (χ0) is 29.2. The molecule has 2 atom stereocenters. The molecule has 0 aliphatic heterocycles. The number of anilines is 1. The summed E-state index contributed by atoms with van der Waals surface area (Å²) in [5, 5.41) is 14.9. The minimum Gasteiger partial charge on any atom is -0.459 e. The first-order valence-corrected chi connectivity index (χ1v) is 13.6. The summed E-state index contributed by atoms with van der Waals surface area (Å²) < 4.78 is 5.44. The van der Waals surface area contributed by atoms with E-state index in [1.165, 1.54) is 0 Å². The van der Waals surface area contributed by atoms with Crippen LogP contribution in [0.1, 0.15) is 71.8 Å². The summed E-state index contributed by atoms with van der Waals surface area (Å²) in [4.78, 5) is 50.5. The van der Waals surface area contributed by atoms with Crippen LogP contribution in [0.5, 0.6) is 0 Å². The number of aliphatic hydroxyl groups excluding tert-OH is 1. The number of benzene rings is 1. The molecule has 0 spiro atoms. The molecule has 39 heavy (non-hydrogen) atoms. The number of unbranched alkanes of at least 4 members (excludes halogenated alkanes) is 1. The number of carbonyl (C=O) groups is 4. The Morgan fingerprint density at radius 2 is 1.69 bits per heavy atom. The van der Waals surface area contributed by atoms with Gasteiger partial charge in [0.25, 0.3) is 0 Å². The number of esters is 1. The highest BCUT2D eigenvalue weighted by molar-refractivity contribution is 6.23. The van der Waals surface area contributed by atoms with Crippen molar-refractivity contribution in [3.63, 3.8) is 0 Å². The third-order valence-corrected chi connectivity index (χ3v) is 6.46. The molecular weight excluding hydrogens is 500 g/mol. The highest BCUT2D eigenvalue weighted by Gasteiger charge is 2.37. The van der Waals surface area contributed by atoms with E-state index in [4.69, 9.17) is 21.3 Å². The van der Waals surface area contributed by atoms with Gasteiger partial charge in [-0.15, -0.1) is 0 Å². The van der Waals surface area contributed by atoms with E-state index in [1.54, 1.807) is 24.3 Å². The number of hydrogen-bond acceptors (Lipinski definition) is 9. The van der Waals surface area contributed by atoms with Gasteiger partial charge < -0.3 is 31.9 Å². The van der Waals surface area contributed by atoms with Crippen molar-refractivity contribution < 1.29 is 29.0 Å². The van der Waals surface area contributed by atoms with Crippen molar-refractivity contribution in [2.45, 2.75) is 84.9 Å². The lowest BCUT2D eigenvalue weighted by Gasteiger charge is -2.30. The molecule has 10 heteroatoms. The maximum absolute atomic E-state index is 12.9. The second kappa shape index (κ2) is 14.9. The molecule has 1 amide bonds. The van der Waals surface area contributed by atoms with Crippen LogP contribution in [0.4, 0.5) is 5.69 Å². The van der Waals surface area contributed by atoms with Crippen LogP contribution < -0.4 is 22.1 Å². The molecule has 7 N–H and O–H groups in total. The molecule has 1 aliphatic rings. The Kier molecular flexibility index (Phi) is 12.3. The Morgan fingerprint density at radius 3 is 2.23 bits per heavy atom. The molecule has 1 fully saturated rings. The summed E-state index contributed by atoms with van der Waals surface area (Å²) >= 11 is 0. The van der Waals surface area contributed by atoms with Gasteiger partial charge in [-0.2, -0.15) is 0 Å². The highest BCUT2D eigenvalue weighted by atomic mass is 16.5. The minimum atomic E-state index is -1.13. The largest absolute Gasteiger partial charge is 0.459 e. The molecule has 1 aromatic rings. The second-order valence-corrected chi connectivity index (χ2v) is 11.4. The first-order valence-electron chi connectivity index (χ1n) is 13.6. The lowest BCUT2D eigenvalue weighted by molar-refractivity contribution is -0.149. The van der Waals surface area contributed by atoms with E-state index in [0.717, 1.165) is 5.56 Å². The monoisotopic (exact) mass is 544 g/mol. The molecule has 1 saturated carbocycles. The summed E-state index contributed by atoms with van der Waals surface area (Å²) in [5.74, 6) is -1.26. The van der Waals surface area contributed by atoms with Gasteiger partial charge in [0.15, 0.2) is 11.6 Å². The topological polar surface area (TPSA) is 174 Å². The van der Waals surface area contributed by atoms with E-state index in [9.17, 15) is 19.2 Å². The fourth-order valence-electron chi connectivity index (χ4n) is 4.44. The number of rotatable bonds is 14. The van der Waals surface area contributed by atoms with Crippen LogP contribution >= 0.6 is 0 Å². The number of ether oxygens (including phenoxy) is 1. The van der Waals surface area contributed by atoms with Crippen molar-refractivity contribution in [2.24, 2.45) is 22.8 Å². The Morgan fingerprint density at radius 1 is 1.08 bits per heavy atom. The van der Waals surface area contributed by atoms with Gasteiger partial charge in [0, 0.05) is 24.2 Å². The smallest absolute Gasteiger partial charge is 0.328 e. The number of ketones is 2. The van der Waals surface area contributed by atoms with Crippen molar-refractivity contribution in [3.05, 3.63) is 41.1 Å². The Bertz CT molecular complexity index is 1030. The number of Topliss-reactive ketones (excluding diaryl/α,β-unsaturated/α-hetero) is 2. The molecule has 216 valence electrons. The molecule has 10 nitrogen and oxygen atoms in total. The zero-order valence-corrected chi connectivity index (χ0v) is 23.5. The molecule has 2 rings (SSSR count). The standard InChI is InChI=1S/C29H44N4O6/c1-18(2)13-23(26-24(35)14-29(3,4)15-25(26)36)32-20-10-8-19(9-11-20)17-39-28(38)22(7-5-6-12-30)33-27(37)21(31)16-34/h8-11,18,21-22,32,34H,5-7,12-17,30-31H2,1-4H3,(H,33,37)/t21-,22-/m0/s1. The Hall–Kier alpha value is -3.08. The van der Waals surface area contributed by atoms with E-state index < -0.39 is 30.6 Å². The van der Waals surface area contributed by atoms with E-state index in [0.29, 0.717) is 56.5 Å². The average Bonchev–Trinajstić information content (AvgIpc) is 2.85. The lowest BCUT2D eigenvalue weighted by Crippen LogP contribution is -2.50. The van der Waals surface area contributed by atoms with Crippen LogP contribution in [0.15, 0.2) is 35.5 Å². The van der Waals surface area contributed by atoms with Crippen LogP contribution in [-0.2, 0) is 30.5 Å². The van der Waals surface area contributed by atoms with Crippen LogP contribution in [0, 0.1) is 11.3 Å². The van der Waals surface area contributed by atoms with Gasteiger partial charge >= 0.3 is 5.97 Å². The molecule has 0 saturated heterocycles. The Labute approximate surface area is 230 Å². The molecule has 0 aromatic heterocycles. The zero-order valence-electron chi connectivity index (χ0n) is 23.5. The van der Waals surface area contributed by atoms with Crippen molar-refractivity contribution in [2.75, 3.05) is 18.5 Å². The number of amides is 1. The first-order chi connectivity index (χ1) is 18.4. The summed E-state index contributed by atoms with van der Waals surface area (Å²) in [6.07, 6.45) is 2.86. The maximum atomic E-state index is 12.9. The van der Waals surface area contributed by atoms with Gasteiger partial charge in [-0.25, -0.2) is 4.79 Å². The third-order valence-electron chi connectivity index (χ3n) is 6.46. The quantitative estimate of drug-likeness (QED) is 0.102. The van der Waals surface area contributed by atoms with Crippen LogP contribution in [0.25, 0.3) is 0 Å². The summed E-state index contributed by atoms with van der Waals surface area (Å²) in [6.45, 7) is 7.84. The van der Waals surface area contributed by atoms with Crippen LogP contribution in [0.2, 0.25) is 0 Å². The van der Waals surface area contributed by atoms with Crippen LogP contribution in [0.3, 0.4) is 0 Å². The lowest BCUT2D eigenvalue weighted by atomic mass is 9.73. The number of aliphatic hydroxyl groups is 1. The van der Waals surface area contributed by atoms with E-state index in [1.807, 2.05) is 27.7 Å². The van der Waals surface area contributed by atoms with Gasteiger partial charge in [0.2, 0.25) is 5.91 Å². The van der Waals surface area contributed by atoms with Gasteiger partial charge in [-0.3, -0.25) is 14.4 Å². The summed E-state index contributed by atoms with van der Waals surface area (Å²) in [5.41, 5.74) is 13.1. The van der Waals surface area contributed by atoms with E-state index >= 15 is 0 Å². The molecule has 0 heterocycles. The predicted octanol–water partition coefficient (Wildman–Crippen LogP) is 2.33. The average molecular weight is 545 g/mol. The van der Waals surface area contributed by atoms with Crippen molar-refractivity contribution in [1.82, 2.24) is 5.32 Å². The molecular formula is C29H44N4O6. The van der Waals surface area contributed by atoms with Gasteiger partial charge in [-0.05, 0) is 61.3 Å². The maximum Gasteiger partial charge on any atom is 0.328 e. The van der Waals surface area contributed by atoms with Crippen LogP contribution in [-0.4, -0.2) is 53.8 Å². The number of allylic oxidation sites excluding steroid dienone is 2. The number of carbonyl (C=O) groups excluding carboxylic acids is 4. The SMILES string of the molecule is CC(C)CC(Nc1ccc(COC(=O)[C@H](CCCCN)NC(=O)[C@@H](N)CO)cc1)=C1C(=O)CC(C)(C)CC1=O. The Balaban J connectivity index is 2.09. The van der Waals surface area contributed by atoms with Gasteiger partial charge in [-0.1, -0.05) is 39.8 Å². The molecule has 0 radical (unpaired) electrons. The number of nitrogens with one attached hydrogen (secondary N) is 2. The highest BCUT2D eigenvalue weighted by Crippen LogP contribution is 2.36. The summed E-state index contributed by atoms with van der Waals surface area (Å²) in [6, 6.07) is 5.13. The van der Waals surface area contributed by atoms with Crippen molar-refractivity contribution in [1.29, 1.82) is 0 Å². The molecule has 1 aromatic carbocycles. The number of nitrogens with two attached hydrogens (primary N) is 2. The van der Waals surface area contributed by atoms with Gasteiger partial charge in [0.05, 0.1) is 12.2 Å². The van der Waals surface area contributed by atoms with Gasteiger partial charge in [0.1, 0.15) is 18.7 Å². The third kappa shape index (κ3) is 10.2. The number of hydrogen-bond donors (Lipinski definition) is 5. The second-order valence-electron chi connectivity index (χ2n) is 11.4. The van der Waals surface area contributed by atoms with Crippen molar-refractivity contribution in [3.8, 4) is 0 Å². The fraction of sp³-hybridized carbons (Fsp3) is 0.586.